The third-order valence-electron chi connectivity index (χ3n) is 6.79. The molecule has 0 atom stereocenters. The van der Waals surface area contributed by atoms with Gasteiger partial charge in [0.2, 0.25) is 5.36 Å². The summed E-state index contributed by atoms with van der Waals surface area (Å²) in [5, 5.41) is 9.36. The van der Waals surface area contributed by atoms with Crippen molar-refractivity contribution in [1.82, 2.24) is 9.89 Å². The zero-order valence-electron chi connectivity index (χ0n) is 24.4. The fraction of sp³-hybridized carbons (Fsp3) is 0.333. The molecule has 0 saturated carbocycles. The maximum absolute atomic E-state index is 12.8. The minimum Gasteiger partial charge on any atom is -0.456 e. The van der Waals surface area contributed by atoms with Crippen molar-refractivity contribution in [2.45, 2.75) is 26.7 Å². The van der Waals surface area contributed by atoms with Crippen molar-refractivity contribution in [1.29, 1.82) is 0 Å². The lowest BCUT2D eigenvalue weighted by Crippen LogP contribution is -2.25. The van der Waals surface area contributed by atoms with Crippen molar-refractivity contribution in [2.24, 2.45) is 5.11 Å². The van der Waals surface area contributed by atoms with Crippen LogP contribution in [0.4, 0.5) is 5.69 Å². The maximum atomic E-state index is 12.8. The summed E-state index contributed by atoms with van der Waals surface area (Å²) in [5.41, 5.74) is 13.7. The monoisotopic (exact) mass is 591 g/mol. The van der Waals surface area contributed by atoms with Crippen molar-refractivity contribution >= 4 is 32.7 Å². The topological polar surface area (TPSA) is 141 Å². The second-order valence-corrected chi connectivity index (χ2v) is 11.8. The second kappa shape index (κ2) is 13.1. The Bertz CT molecular complexity index is 1820. The number of benzene rings is 3. The molecule has 2 aliphatic rings. The fourth-order valence-corrected chi connectivity index (χ4v) is 5.72. The number of rotatable bonds is 11. The number of anilines is 1. The number of hydrogen-bond donors (Lipinski definition) is 1. The quantitative estimate of drug-likeness (QED) is 0.0490. The lowest BCUT2D eigenvalue weighted by molar-refractivity contribution is 0.0953. The highest BCUT2D eigenvalue weighted by Crippen LogP contribution is 2.42. The average Bonchev–Trinajstić information content (AvgIpc) is 2.94. The smallest absolute Gasteiger partial charge is 0.288 e. The van der Waals surface area contributed by atoms with Gasteiger partial charge < -0.3 is 9.73 Å². The number of carbonyl (C=O) groups is 1. The Morgan fingerprint density at radius 1 is 1.12 bits per heavy atom. The predicted molar refractivity (Wildman–Crippen MR) is 165 cm³/mol. The van der Waals surface area contributed by atoms with E-state index in [1.54, 1.807) is 32.2 Å². The SMILES string of the molecule is CCCS(=O)(=O)ON(C)c1ccc2c(-c3ccc(C(=O)NCCCN=[N+]=[N-])cc3C)c3ccc(=[N+](C)C)cc-3oc2c1. The molecule has 0 saturated heterocycles. The molecule has 220 valence electrons. The first-order chi connectivity index (χ1) is 20.0. The number of carbonyl (C=O) groups excluding carboxylic acids is 1. The summed E-state index contributed by atoms with van der Waals surface area (Å²) < 4.78 is 38.2. The number of hydroxylamine groups is 1. The van der Waals surface area contributed by atoms with Gasteiger partial charge in [-0.3, -0.25) is 4.79 Å². The summed E-state index contributed by atoms with van der Waals surface area (Å²) in [6.45, 7) is 4.46. The minimum atomic E-state index is -3.72. The van der Waals surface area contributed by atoms with Crippen molar-refractivity contribution in [3.63, 3.8) is 0 Å². The lowest BCUT2D eigenvalue weighted by atomic mass is 9.90. The van der Waals surface area contributed by atoms with Crippen molar-refractivity contribution in [3.8, 4) is 22.5 Å². The third-order valence-corrected chi connectivity index (χ3v) is 8.15. The molecule has 11 nitrogen and oxygen atoms in total. The van der Waals surface area contributed by atoms with Crippen LogP contribution in [0.1, 0.15) is 35.7 Å². The van der Waals surface area contributed by atoms with Crippen LogP contribution in [0, 0.1) is 6.92 Å². The van der Waals surface area contributed by atoms with Crippen LogP contribution < -0.4 is 20.3 Å². The van der Waals surface area contributed by atoms with Gasteiger partial charge in [-0.25, -0.2) is 9.64 Å². The van der Waals surface area contributed by atoms with Crippen LogP contribution in [-0.4, -0.2) is 54.3 Å². The van der Waals surface area contributed by atoms with Crippen LogP contribution in [0.2, 0.25) is 0 Å². The molecule has 1 N–H and O–H groups in total. The lowest BCUT2D eigenvalue weighted by Gasteiger charge is -2.20. The molecular formula is C30H35N6O5S+. The Labute approximate surface area is 245 Å². The molecule has 0 unspecified atom stereocenters. The molecule has 1 amide bonds. The van der Waals surface area contributed by atoms with Gasteiger partial charge in [0.1, 0.15) is 25.4 Å². The highest BCUT2D eigenvalue weighted by Gasteiger charge is 2.22. The molecule has 1 aliphatic carbocycles. The van der Waals surface area contributed by atoms with Crippen LogP contribution >= 0.6 is 0 Å². The molecule has 0 spiro atoms. The zero-order valence-corrected chi connectivity index (χ0v) is 25.2. The number of hydrogen-bond acceptors (Lipinski definition) is 7. The first-order valence-corrected chi connectivity index (χ1v) is 15.2. The molecule has 0 radical (unpaired) electrons. The third kappa shape index (κ3) is 6.91. The Morgan fingerprint density at radius 3 is 2.57 bits per heavy atom. The molecule has 4 rings (SSSR count). The Hall–Kier alpha value is -4.38. The van der Waals surface area contributed by atoms with Gasteiger partial charge in [-0.2, -0.15) is 8.42 Å². The van der Waals surface area contributed by atoms with Gasteiger partial charge >= 0.3 is 0 Å². The van der Waals surface area contributed by atoms with Gasteiger partial charge in [0, 0.05) is 59.3 Å². The summed E-state index contributed by atoms with van der Waals surface area (Å²) >= 11 is 0. The standard InChI is InChI=1S/C30H34N6O5S/c1-6-16-42(38,39)41-36(5)23-10-13-26-28(19-23)40-27-18-22(35(3)4)9-12-25(27)29(26)24-11-8-21(17-20(24)2)30(37)32-14-7-15-33-34-31/h8-13,17-19H,6-7,14-16H2,1-5H3/p+1. The molecule has 0 aromatic heterocycles. The van der Waals surface area contributed by atoms with Crippen molar-refractivity contribution in [3.05, 3.63) is 81.5 Å². The Balaban J connectivity index is 1.81. The van der Waals surface area contributed by atoms with Crippen molar-refractivity contribution in [2.75, 3.05) is 45.0 Å². The van der Waals surface area contributed by atoms with E-state index >= 15 is 0 Å². The molecule has 1 aliphatic heterocycles. The van der Waals surface area contributed by atoms with Gasteiger partial charge in [0.25, 0.3) is 16.0 Å². The predicted octanol–water partition coefficient (Wildman–Crippen LogP) is 5.08. The van der Waals surface area contributed by atoms with E-state index in [-0.39, 0.29) is 11.7 Å². The van der Waals surface area contributed by atoms with Gasteiger partial charge in [-0.15, -0.1) is 4.28 Å². The molecule has 2 aromatic rings. The number of fused-ring (bicyclic) bond motifs is 2. The molecule has 1 heterocycles. The first-order valence-electron chi connectivity index (χ1n) is 13.6. The summed E-state index contributed by atoms with van der Waals surface area (Å²) in [6.07, 6.45) is 1.00. The number of azide groups is 1. The van der Waals surface area contributed by atoms with Crippen LogP contribution in [0.3, 0.4) is 0 Å². The molecule has 2 aromatic carbocycles. The van der Waals surface area contributed by atoms with Crippen molar-refractivity contribution < 1.29 is 21.9 Å². The molecular weight excluding hydrogens is 556 g/mol. The van der Waals surface area contributed by atoms with E-state index in [1.807, 2.05) is 62.0 Å². The van der Waals surface area contributed by atoms with Crippen LogP contribution in [-0.2, 0) is 14.4 Å². The van der Waals surface area contributed by atoms with Gasteiger partial charge in [-0.05, 0) is 66.8 Å². The maximum Gasteiger partial charge on any atom is 0.288 e. The first kappa shape index (κ1) is 30.6. The molecule has 0 fully saturated rings. The molecule has 42 heavy (non-hydrogen) atoms. The summed E-state index contributed by atoms with van der Waals surface area (Å²) in [7, 11) is 1.73. The Kier molecular flexibility index (Phi) is 9.52. The fourth-order valence-electron chi connectivity index (χ4n) is 4.72. The van der Waals surface area contributed by atoms with E-state index in [9.17, 15) is 13.2 Å². The highest BCUT2D eigenvalue weighted by atomic mass is 32.2. The number of nitrogens with one attached hydrogen (secondary N) is 1. The normalized spacial score (nSPS) is 11.4. The van der Waals surface area contributed by atoms with Crippen LogP contribution in [0.25, 0.3) is 43.9 Å². The van der Waals surface area contributed by atoms with Gasteiger partial charge in [-0.1, -0.05) is 18.1 Å². The van der Waals surface area contributed by atoms with E-state index in [4.69, 9.17) is 14.2 Å². The largest absolute Gasteiger partial charge is 0.456 e. The van der Waals surface area contributed by atoms with E-state index in [0.29, 0.717) is 48.5 Å². The summed E-state index contributed by atoms with van der Waals surface area (Å²) in [6, 6.07) is 17.0. The summed E-state index contributed by atoms with van der Waals surface area (Å²) in [5.74, 6) is 0.370. The van der Waals surface area contributed by atoms with Gasteiger partial charge in [0.05, 0.1) is 17.5 Å². The highest BCUT2D eigenvalue weighted by molar-refractivity contribution is 7.86. The Morgan fingerprint density at radius 2 is 1.88 bits per heavy atom. The van der Waals surface area contributed by atoms with Gasteiger partial charge in [0.15, 0.2) is 0 Å². The number of nitrogens with zero attached hydrogens (tertiary/aromatic N) is 5. The van der Waals surface area contributed by atoms with Crippen LogP contribution in [0.5, 0.6) is 0 Å². The average molecular weight is 592 g/mol. The second-order valence-electron chi connectivity index (χ2n) is 10.2. The number of aryl methyl sites for hydroxylation is 1. The molecule has 0 bridgehead atoms. The van der Waals surface area contributed by atoms with E-state index < -0.39 is 10.1 Å². The zero-order chi connectivity index (χ0) is 30.4. The van der Waals surface area contributed by atoms with E-state index in [2.05, 4.69) is 15.3 Å². The number of amides is 1. The summed E-state index contributed by atoms with van der Waals surface area (Å²) in [4.78, 5) is 15.5. The minimum absolute atomic E-state index is 0.0829. The molecule has 12 heteroatoms. The van der Waals surface area contributed by atoms with E-state index in [1.165, 1.54) is 5.06 Å². The van der Waals surface area contributed by atoms with E-state index in [0.717, 1.165) is 33.0 Å². The van der Waals surface area contributed by atoms with Crippen LogP contribution in [0.15, 0.2) is 64.1 Å².